The Morgan fingerprint density at radius 2 is 1.94 bits per heavy atom. The maximum Gasteiger partial charge on any atom is 0.163 e. The summed E-state index contributed by atoms with van der Waals surface area (Å²) in [5, 5.41) is 4.96. The highest BCUT2D eigenvalue weighted by molar-refractivity contribution is 6.30. The zero-order chi connectivity index (χ0) is 11.7. The lowest BCUT2D eigenvalue weighted by Gasteiger charge is -1.99. The van der Waals surface area contributed by atoms with Gasteiger partial charge in [0, 0.05) is 11.2 Å². The number of aryl methyl sites for hydroxylation is 1. The van der Waals surface area contributed by atoms with Gasteiger partial charge in [-0.2, -0.15) is 5.10 Å². The lowest BCUT2D eigenvalue weighted by molar-refractivity contribution is 0.101. The number of nitrogens with zero attached hydrogens (tertiary/aromatic N) is 2. The van der Waals surface area contributed by atoms with Gasteiger partial charge < -0.3 is 0 Å². The Hall–Kier alpha value is -1.61. The van der Waals surface area contributed by atoms with Crippen LogP contribution in [0, 0.1) is 6.92 Å². The SMILES string of the molecule is CC(=O)c1cn(-c2ccc(Cl)cc2)nc1C. The van der Waals surface area contributed by atoms with Crippen LogP contribution in [0.5, 0.6) is 0 Å². The van der Waals surface area contributed by atoms with E-state index in [0.29, 0.717) is 10.6 Å². The number of ketones is 1. The second-order valence-electron chi connectivity index (χ2n) is 3.61. The zero-order valence-corrected chi connectivity index (χ0v) is 9.82. The number of halogens is 1. The van der Waals surface area contributed by atoms with Crippen LogP contribution < -0.4 is 0 Å². The largest absolute Gasteiger partial charge is 0.294 e. The maximum absolute atomic E-state index is 11.3. The van der Waals surface area contributed by atoms with Gasteiger partial charge in [0.1, 0.15) is 0 Å². The molecule has 1 aromatic heterocycles. The molecule has 1 aromatic carbocycles. The van der Waals surface area contributed by atoms with Crippen LogP contribution in [-0.2, 0) is 0 Å². The Morgan fingerprint density at radius 3 is 2.44 bits per heavy atom. The van der Waals surface area contributed by atoms with Gasteiger partial charge >= 0.3 is 0 Å². The van der Waals surface area contributed by atoms with Crippen LogP contribution in [0.25, 0.3) is 5.69 Å². The topological polar surface area (TPSA) is 34.9 Å². The summed E-state index contributed by atoms with van der Waals surface area (Å²) in [7, 11) is 0. The third-order valence-electron chi connectivity index (χ3n) is 2.37. The van der Waals surface area contributed by atoms with Crippen LogP contribution in [0.4, 0.5) is 0 Å². The summed E-state index contributed by atoms with van der Waals surface area (Å²) in [6.07, 6.45) is 1.74. The molecule has 0 saturated heterocycles. The van der Waals surface area contributed by atoms with Crippen molar-refractivity contribution in [2.45, 2.75) is 13.8 Å². The van der Waals surface area contributed by atoms with E-state index in [4.69, 9.17) is 11.6 Å². The molecule has 0 amide bonds. The van der Waals surface area contributed by atoms with Crippen LogP contribution >= 0.6 is 11.6 Å². The molecule has 4 heteroatoms. The molecule has 16 heavy (non-hydrogen) atoms. The molecule has 0 saturated carbocycles. The fraction of sp³-hybridized carbons (Fsp3) is 0.167. The summed E-state index contributed by atoms with van der Waals surface area (Å²) >= 11 is 5.80. The van der Waals surface area contributed by atoms with Gasteiger partial charge in [-0.1, -0.05) is 11.6 Å². The van der Waals surface area contributed by atoms with Crippen molar-refractivity contribution in [3.05, 3.63) is 46.7 Å². The highest BCUT2D eigenvalue weighted by Gasteiger charge is 2.09. The number of hydrogen-bond acceptors (Lipinski definition) is 2. The van der Waals surface area contributed by atoms with Gasteiger partial charge in [0.25, 0.3) is 0 Å². The normalized spacial score (nSPS) is 10.4. The number of benzene rings is 1. The molecule has 0 unspecified atom stereocenters. The Bertz CT molecular complexity index is 528. The molecule has 0 spiro atoms. The van der Waals surface area contributed by atoms with Gasteiger partial charge in [0.15, 0.2) is 5.78 Å². The van der Waals surface area contributed by atoms with Crippen LogP contribution in [0.3, 0.4) is 0 Å². The minimum absolute atomic E-state index is 0.0257. The molecule has 0 aliphatic heterocycles. The first kappa shape index (κ1) is 10.9. The molecule has 2 aromatic rings. The van der Waals surface area contributed by atoms with Gasteiger partial charge in [-0.3, -0.25) is 4.79 Å². The van der Waals surface area contributed by atoms with Crippen LogP contribution in [-0.4, -0.2) is 15.6 Å². The predicted molar refractivity (Wildman–Crippen MR) is 63.3 cm³/mol. The Balaban J connectivity index is 2.45. The van der Waals surface area contributed by atoms with E-state index in [2.05, 4.69) is 5.10 Å². The monoisotopic (exact) mass is 234 g/mol. The highest BCUT2D eigenvalue weighted by Crippen LogP contribution is 2.15. The second kappa shape index (κ2) is 4.10. The fourth-order valence-electron chi connectivity index (χ4n) is 1.53. The highest BCUT2D eigenvalue weighted by atomic mass is 35.5. The Kier molecular flexibility index (Phi) is 2.79. The molecule has 3 nitrogen and oxygen atoms in total. The van der Waals surface area contributed by atoms with Crippen molar-refractivity contribution in [2.75, 3.05) is 0 Å². The van der Waals surface area contributed by atoms with E-state index in [1.165, 1.54) is 6.92 Å². The standard InChI is InChI=1S/C12H11ClN2O/c1-8-12(9(2)16)7-15(14-8)11-5-3-10(13)4-6-11/h3-7H,1-2H3. The number of carbonyl (C=O) groups excluding carboxylic acids is 1. The zero-order valence-electron chi connectivity index (χ0n) is 9.07. The van der Waals surface area contributed by atoms with Crippen molar-refractivity contribution in [2.24, 2.45) is 0 Å². The van der Waals surface area contributed by atoms with Crippen molar-refractivity contribution in [1.29, 1.82) is 0 Å². The van der Waals surface area contributed by atoms with Gasteiger partial charge in [0.2, 0.25) is 0 Å². The van der Waals surface area contributed by atoms with Gasteiger partial charge in [0.05, 0.1) is 16.9 Å². The van der Waals surface area contributed by atoms with Crippen LogP contribution in [0.15, 0.2) is 30.5 Å². The number of hydrogen-bond donors (Lipinski definition) is 0. The average molecular weight is 235 g/mol. The number of carbonyl (C=O) groups is 1. The lowest BCUT2D eigenvalue weighted by atomic mass is 10.2. The quantitative estimate of drug-likeness (QED) is 0.749. The van der Waals surface area contributed by atoms with E-state index >= 15 is 0 Å². The number of aromatic nitrogens is 2. The Labute approximate surface area is 98.7 Å². The molecule has 0 aliphatic rings. The third kappa shape index (κ3) is 1.99. The number of rotatable bonds is 2. The van der Waals surface area contributed by atoms with Gasteiger partial charge in [-0.05, 0) is 38.1 Å². The van der Waals surface area contributed by atoms with E-state index in [-0.39, 0.29) is 5.78 Å². The van der Waals surface area contributed by atoms with Crippen molar-refractivity contribution in [1.82, 2.24) is 9.78 Å². The van der Waals surface area contributed by atoms with E-state index in [1.54, 1.807) is 23.0 Å². The molecule has 0 aliphatic carbocycles. The molecular formula is C12H11ClN2O. The summed E-state index contributed by atoms with van der Waals surface area (Å²) in [6.45, 7) is 3.36. The lowest BCUT2D eigenvalue weighted by Crippen LogP contribution is -1.94. The third-order valence-corrected chi connectivity index (χ3v) is 2.62. The van der Waals surface area contributed by atoms with Gasteiger partial charge in [-0.25, -0.2) is 4.68 Å². The first-order chi connectivity index (χ1) is 7.58. The predicted octanol–water partition coefficient (Wildman–Crippen LogP) is 3.04. The molecule has 0 N–H and O–H groups in total. The van der Waals surface area contributed by atoms with Crippen LogP contribution in [0.2, 0.25) is 5.02 Å². The van der Waals surface area contributed by atoms with E-state index in [9.17, 15) is 4.79 Å². The van der Waals surface area contributed by atoms with Crippen molar-refractivity contribution in [3.8, 4) is 5.69 Å². The molecule has 0 bridgehead atoms. The first-order valence-electron chi connectivity index (χ1n) is 4.91. The smallest absolute Gasteiger partial charge is 0.163 e. The van der Waals surface area contributed by atoms with E-state index < -0.39 is 0 Å². The van der Waals surface area contributed by atoms with E-state index in [0.717, 1.165) is 11.4 Å². The first-order valence-corrected chi connectivity index (χ1v) is 5.29. The molecule has 2 rings (SSSR count). The maximum atomic E-state index is 11.3. The molecular weight excluding hydrogens is 224 g/mol. The summed E-state index contributed by atoms with van der Waals surface area (Å²) in [4.78, 5) is 11.3. The average Bonchev–Trinajstić information content (AvgIpc) is 2.61. The van der Waals surface area contributed by atoms with Crippen molar-refractivity contribution in [3.63, 3.8) is 0 Å². The summed E-state index contributed by atoms with van der Waals surface area (Å²) < 4.78 is 1.68. The number of Topliss-reactive ketones (excluding diaryl/α,β-unsaturated/α-hetero) is 1. The molecule has 0 radical (unpaired) electrons. The summed E-state index contributed by atoms with van der Waals surface area (Å²) in [5.41, 5.74) is 2.28. The summed E-state index contributed by atoms with van der Waals surface area (Å²) in [6, 6.07) is 7.31. The Morgan fingerprint density at radius 1 is 1.31 bits per heavy atom. The van der Waals surface area contributed by atoms with Crippen molar-refractivity contribution < 1.29 is 4.79 Å². The van der Waals surface area contributed by atoms with Gasteiger partial charge in [-0.15, -0.1) is 0 Å². The van der Waals surface area contributed by atoms with Crippen molar-refractivity contribution >= 4 is 17.4 Å². The van der Waals surface area contributed by atoms with E-state index in [1.807, 2.05) is 19.1 Å². The molecule has 0 fully saturated rings. The minimum Gasteiger partial charge on any atom is -0.294 e. The minimum atomic E-state index is 0.0257. The molecule has 0 atom stereocenters. The second-order valence-corrected chi connectivity index (χ2v) is 4.04. The molecule has 1 heterocycles. The fourth-order valence-corrected chi connectivity index (χ4v) is 1.66. The summed E-state index contributed by atoms with van der Waals surface area (Å²) in [5.74, 6) is 0.0257. The molecule has 82 valence electrons. The van der Waals surface area contributed by atoms with Crippen LogP contribution in [0.1, 0.15) is 23.0 Å².